The van der Waals surface area contributed by atoms with E-state index in [0.717, 1.165) is 29.1 Å². The zero-order chi connectivity index (χ0) is 13.1. The Balaban J connectivity index is 2.22. The van der Waals surface area contributed by atoms with Crippen LogP contribution in [0.2, 0.25) is 0 Å². The first-order valence-corrected chi connectivity index (χ1v) is 6.07. The Morgan fingerprint density at radius 1 is 1.17 bits per heavy atom. The fourth-order valence-corrected chi connectivity index (χ4v) is 2.11. The van der Waals surface area contributed by atoms with E-state index in [1.54, 1.807) is 0 Å². The molecule has 2 aromatic rings. The Morgan fingerprint density at radius 3 is 2.28 bits per heavy atom. The van der Waals surface area contributed by atoms with E-state index >= 15 is 0 Å². The Labute approximate surface area is 107 Å². The quantitative estimate of drug-likeness (QED) is 0.858. The molecule has 0 radical (unpaired) electrons. The molecule has 2 rings (SSSR count). The molecule has 0 fully saturated rings. The minimum Gasteiger partial charge on any atom is -0.392 e. The van der Waals surface area contributed by atoms with E-state index in [2.05, 4.69) is 5.10 Å². The Hall–Kier alpha value is -1.65. The van der Waals surface area contributed by atoms with Crippen molar-refractivity contribution in [3.63, 3.8) is 0 Å². The molecule has 0 bridgehead atoms. The molecule has 3 N–H and O–H groups in total. The van der Waals surface area contributed by atoms with Crippen molar-refractivity contribution in [3.05, 3.63) is 52.3 Å². The first-order chi connectivity index (χ1) is 8.65. The average Bonchev–Trinajstić information content (AvgIpc) is 2.65. The standard InChI is InChI=1S/C14H19N3O/c1-10-14(7-15)11(2)17(16-10)8-12-3-5-13(9-18)6-4-12/h3-6,18H,7-9,15H2,1-2H3. The van der Waals surface area contributed by atoms with Gasteiger partial charge >= 0.3 is 0 Å². The summed E-state index contributed by atoms with van der Waals surface area (Å²) in [6.45, 7) is 5.38. The number of hydrogen-bond acceptors (Lipinski definition) is 3. The number of aryl methyl sites for hydroxylation is 1. The van der Waals surface area contributed by atoms with Crippen LogP contribution in [0.15, 0.2) is 24.3 Å². The monoisotopic (exact) mass is 245 g/mol. The number of aromatic nitrogens is 2. The highest BCUT2D eigenvalue weighted by Gasteiger charge is 2.09. The van der Waals surface area contributed by atoms with Gasteiger partial charge in [-0.05, 0) is 25.0 Å². The minimum absolute atomic E-state index is 0.0809. The van der Waals surface area contributed by atoms with Crippen molar-refractivity contribution in [1.29, 1.82) is 0 Å². The molecule has 0 saturated heterocycles. The molecule has 96 valence electrons. The Bertz CT molecular complexity index is 529. The third-order valence-electron chi connectivity index (χ3n) is 3.27. The second-order valence-corrected chi connectivity index (χ2v) is 4.49. The predicted molar refractivity (Wildman–Crippen MR) is 71.1 cm³/mol. The number of benzene rings is 1. The van der Waals surface area contributed by atoms with Crippen LogP contribution in [0.5, 0.6) is 0 Å². The Kier molecular flexibility index (Phi) is 3.79. The number of nitrogens with two attached hydrogens (primary N) is 1. The maximum atomic E-state index is 9.00. The van der Waals surface area contributed by atoms with Crippen LogP contribution in [0, 0.1) is 13.8 Å². The van der Waals surface area contributed by atoms with Gasteiger partial charge in [0.1, 0.15) is 0 Å². The third kappa shape index (κ3) is 2.44. The van der Waals surface area contributed by atoms with Crippen molar-refractivity contribution < 1.29 is 5.11 Å². The molecule has 0 aliphatic rings. The van der Waals surface area contributed by atoms with Crippen molar-refractivity contribution in [2.24, 2.45) is 5.73 Å². The second kappa shape index (κ2) is 5.33. The van der Waals surface area contributed by atoms with Gasteiger partial charge in [-0.3, -0.25) is 4.68 Å². The van der Waals surface area contributed by atoms with Gasteiger partial charge < -0.3 is 10.8 Å². The topological polar surface area (TPSA) is 64.1 Å². The molecule has 18 heavy (non-hydrogen) atoms. The fourth-order valence-electron chi connectivity index (χ4n) is 2.11. The molecule has 1 heterocycles. The number of nitrogens with zero attached hydrogens (tertiary/aromatic N) is 2. The highest BCUT2D eigenvalue weighted by atomic mass is 16.3. The van der Waals surface area contributed by atoms with Crippen molar-refractivity contribution in [1.82, 2.24) is 9.78 Å². The summed E-state index contributed by atoms with van der Waals surface area (Å²) in [7, 11) is 0. The van der Waals surface area contributed by atoms with Crippen molar-refractivity contribution in [2.75, 3.05) is 0 Å². The molecule has 0 aliphatic heterocycles. The number of aliphatic hydroxyl groups is 1. The van der Waals surface area contributed by atoms with Crippen molar-refractivity contribution in [2.45, 2.75) is 33.5 Å². The SMILES string of the molecule is Cc1nn(Cc2ccc(CO)cc2)c(C)c1CN. The van der Waals surface area contributed by atoms with E-state index in [-0.39, 0.29) is 6.61 Å². The molecule has 0 amide bonds. The number of rotatable bonds is 4. The van der Waals surface area contributed by atoms with Crippen LogP contribution < -0.4 is 5.73 Å². The first-order valence-electron chi connectivity index (χ1n) is 6.07. The van der Waals surface area contributed by atoms with Crippen LogP contribution in [-0.2, 0) is 19.7 Å². The summed E-state index contributed by atoms with van der Waals surface area (Å²) < 4.78 is 1.98. The van der Waals surface area contributed by atoms with Gasteiger partial charge in [0.05, 0.1) is 18.8 Å². The summed E-state index contributed by atoms with van der Waals surface area (Å²) in [6.07, 6.45) is 0. The van der Waals surface area contributed by atoms with E-state index in [9.17, 15) is 0 Å². The molecule has 1 aromatic carbocycles. The normalized spacial score (nSPS) is 10.9. The summed E-state index contributed by atoms with van der Waals surface area (Å²) >= 11 is 0. The fraction of sp³-hybridized carbons (Fsp3) is 0.357. The molecule has 0 atom stereocenters. The van der Waals surface area contributed by atoms with E-state index < -0.39 is 0 Å². The van der Waals surface area contributed by atoms with Gasteiger partial charge in [-0.2, -0.15) is 5.10 Å². The highest BCUT2D eigenvalue weighted by molar-refractivity contribution is 5.26. The van der Waals surface area contributed by atoms with Gasteiger partial charge in [0.25, 0.3) is 0 Å². The van der Waals surface area contributed by atoms with Crippen molar-refractivity contribution >= 4 is 0 Å². The summed E-state index contributed by atoms with van der Waals surface area (Å²) in [6, 6.07) is 7.91. The lowest BCUT2D eigenvalue weighted by atomic mass is 10.1. The number of hydrogen-bond donors (Lipinski definition) is 2. The predicted octanol–water partition coefficient (Wildman–Crippen LogP) is 1.50. The summed E-state index contributed by atoms with van der Waals surface area (Å²) in [5.74, 6) is 0. The minimum atomic E-state index is 0.0809. The average molecular weight is 245 g/mol. The molecule has 4 nitrogen and oxygen atoms in total. The van der Waals surface area contributed by atoms with Gasteiger partial charge in [0.2, 0.25) is 0 Å². The van der Waals surface area contributed by atoms with E-state index in [4.69, 9.17) is 10.8 Å². The smallest absolute Gasteiger partial charge is 0.0681 e. The van der Waals surface area contributed by atoms with Gasteiger partial charge in [0, 0.05) is 17.8 Å². The zero-order valence-corrected chi connectivity index (χ0v) is 10.8. The maximum Gasteiger partial charge on any atom is 0.0681 e. The van der Waals surface area contributed by atoms with E-state index in [1.165, 1.54) is 5.56 Å². The molecule has 1 aromatic heterocycles. The zero-order valence-electron chi connectivity index (χ0n) is 10.8. The van der Waals surface area contributed by atoms with E-state index in [1.807, 2.05) is 42.8 Å². The summed E-state index contributed by atoms with van der Waals surface area (Å²) in [5.41, 5.74) is 11.1. The van der Waals surface area contributed by atoms with Gasteiger partial charge in [-0.25, -0.2) is 0 Å². The molecule has 0 saturated carbocycles. The molecule has 0 aliphatic carbocycles. The summed E-state index contributed by atoms with van der Waals surface area (Å²) in [5, 5.41) is 13.5. The van der Waals surface area contributed by atoms with Crippen LogP contribution in [0.3, 0.4) is 0 Å². The van der Waals surface area contributed by atoms with Gasteiger partial charge in [-0.1, -0.05) is 24.3 Å². The summed E-state index contributed by atoms with van der Waals surface area (Å²) in [4.78, 5) is 0. The largest absolute Gasteiger partial charge is 0.392 e. The molecular weight excluding hydrogens is 226 g/mol. The first kappa shape index (κ1) is 12.8. The molecule has 4 heteroatoms. The molecular formula is C14H19N3O. The lowest BCUT2D eigenvalue weighted by Gasteiger charge is -2.06. The Morgan fingerprint density at radius 2 is 1.78 bits per heavy atom. The van der Waals surface area contributed by atoms with Crippen LogP contribution in [0.1, 0.15) is 28.1 Å². The van der Waals surface area contributed by atoms with Crippen LogP contribution >= 0.6 is 0 Å². The third-order valence-corrected chi connectivity index (χ3v) is 3.27. The van der Waals surface area contributed by atoms with Crippen LogP contribution in [0.4, 0.5) is 0 Å². The lowest BCUT2D eigenvalue weighted by molar-refractivity contribution is 0.282. The molecule has 0 unspecified atom stereocenters. The van der Waals surface area contributed by atoms with Crippen LogP contribution in [0.25, 0.3) is 0 Å². The van der Waals surface area contributed by atoms with Gasteiger partial charge in [0.15, 0.2) is 0 Å². The maximum absolute atomic E-state index is 9.00. The van der Waals surface area contributed by atoms with Crippen molar-refractivity contribution in [3.8, 4) is 0 Å². The second-order valence-electron chi connectivity index (χ2n) is 4.49. The highest BCUT2D eigenvalue weighted by Crippen LogP contribution is 2.14. The molecule has 0 spiro atoms. The van der Waals surface area contributed by atoms with Crippen LogP contribution in [-0.4, -0.2) is 14.9 Å². The van der Waals surface area contributed by atoms with E-state index in [0.29, 0.717) is 6.54 Å². The number of aliphatic hydroxyl groups excluding tert-OH is 1. The van der Waals surface area contributed by atoms with Gasteiger partial charge in [-0.15, -0.1) is 0 Å². The lowest BCUT2D eigenvalue weighted by Crippen LogP contribution is -2.05.